The first-order valence-electron chi connectivity index (χ1n) is 7.35. The smallest absolute Gasteiger partial charge is 0.203 e. The van der Waals surface area contributed by atoms with E-state index >= 15 is 0 Å². The van der Waals surface area contributed by atoms with Crippen molar-refractivity contribution in [1.29, 1.82) is 0 Å². The van der Waals surface area contributed by atoms with Crippen LogP contribution in [0, 0.1) is 0 Å². The van der Waals surface area contributed by atoms with E-state index in [1.165, 1.54) is 5.56 Å². The number of anilines is 1. The fourth-order valence-electron chi connectivity index (χ4n) is 2.97. The third kappa shape index (κ3) is 2.21. The molecule has 0 fully saturated rings. The molecule has 1 aliphatic heterocycles. The molecule has 104 valence electrons. The van der Waals surface area contributed by atoms with Gasteiger partial charge in [-0.25, -0.2) is 4.98 Å². The van der Waals surface area contributed by atoms with Gasteiger partial charge in [-0.1, -0.05) is 60.7 Å². The Kier molecular flexibility index (Phi) is 2.96. The molecule has 1 atom stereocenters. The lowest BCUT2D eigenvalue weighted by Gasteiger charge is -2.26. The van der Waals surface area contributed by atoms with Crippen LogP contribution in [0.2, 0.25) is 0 Å². The maximum absolute atomic E-state index is 4.75. The molecule has 2 aromatic carbocycles. The van der Waals surface area contributed by atoms with E-state index in [9.17, 15) is 0 Å². The maximum atomic E-state index is 4.75. The Bertz CT molecular complexity index is 732. The van der Waals surface area contributed by atoms with Gasteiger partial charge in [0.25, 0.3) is 0 Å². The van der Waals surface area contributed by atoms with Crippen molar-refractivity contribution >= 4 is 5.95 Å². The summed E-state index contributed by atoms with van der Waals surface area (Å²) in [5.74, 6) is 0.967. The molecule has 1 aromatic heterocycles. The quantitative estimate of drug-likeness (QED) is 0.767. The molecule has 0 saturated carbocycles. The molecule has 3 aromatic rings. The summed E-state index contributed by atoms with van der Waals surface area (Å²) in [5.41, 5.74) is 3.53. The van der Waals surface area contributed by atoms with Crippen LogP contribution in [0.3, 0.4) is 0 Å². The van der Waals surface area contributed by atoms with Crippen LogP contribution in [-0.4, -0.2) is 16.1 Å². The average Bonchev–Trinajstić information content (AvgIpc) is 3.00. The predicted octanol–water partition coefficient (Wildman–Crippen LogP) is 3.96. The number of nitrogens with one attached hydrogen (secondary N) is 1. The third-order valence-corrected chi connectivity index (χ3v) is 4.02. The Morgan fingerprint density at radius 3 is 2.43 bits per heavy atom. The van der Waals surface area contributed by atoms with Gasteiger partial charge in [-0.15, -0.1) is 0 Å². The van der Waals surface area contributed by atoms with Crippen LogP contribution in [0.1, 0.15) is 18.0 Å². The Labute approximate surface area is 124 Å². The molecule has 21 heavy (non-hydrogen) atoms. The molecular formula is C18H17N3. The molecule has 0 bridgehead atoms. The van der Waals surface area contributed by atoms with Crippen LogP contribution in [0.5, 0.6) is 0 Å². The van der Waals surface area contributed by atoms with Gasteiger partial charge in [0, 0.05) is 18.3 Å². The van der Waals surface area contributed by atoms with Gasteiger partial charge < -0.3 is 9.88 Å². The van der Waals surface area contributed by atoms with Crippen LogP contribution in [0.4, 0.5) is 5.95 Å². The fourth-order valence-corrected chi connectivity index (χ4v) is 2.97. The second-order valence-electron chi connectivity index (χ2n) is 5.36. The molecule has 1 aliphatic rings. The highest BCUT2D eigenvalue weighted by atomic mass is 15.2. The molecule has 0 aliphatic carbocycles. The van der Waals surface area contributed by atoms with Gasteiger partial charge in [0.2, 0.25) is 5.95 Å². The molecule has 3 nitrogen and oxygen atoms in total. The van der Waals surface area contributed by atoms with Crippen LogP contribution in [-0.2, 0) is 0 Å². The topological polar surface area (TPSA) is 29.9 Å². The SMILES string of the molecule is c1ccc(-c2cn3c(n2)NCCC3c2ccccc2)cc1. The summed E-state index contributed by atoms with van der Waals surface area (Å²) in [6, 6.07) is 21.4. The summed E-state index contributed by atoms with van der Waals surface area (Å²) in [6.07, 6.45) is 3.25. The highest BCUT2D eigenvalue weighted by molar-refractivity contribution is 5.61. The summed E-state index contributed by atoms with van der Waals surface area (Å²) in [7, 11) is 0. The number of hydrogen-bond acceptors (Lipinski definition) is 2. The van der Waals surface area contributed by atoms with Crippen LogP contribution in [0.15, 0.2) is 66.9 Å². The Balaban J connectivity index is 1.77. The van der Waals surface area contributed by atoms with E-state index in [0.29, 0.717) is 6.04 Å². The van der Waals surface area contributed by atoms with E-state index in [0.717, 1.165) is 30.2 Å². The molecule has 0 amide bonds. The number of nitrogens with zero attached hydrogens (tertiary/aromatic N) is 2. The summed E-state index contributed by atoms with van der Waals surface area (Å²) in [6.45, 7) is 0.963. The summed E-state index contributed by atoms with van der Waals surface area (Å²) >= 11 is 0. The van der Waals surface area contributed by atoms with E-state index in [4.69, 9.17) is 4.98 Å². The number of aromatic nitrogens is 2. The molecular weight excluding hydrogens is 258 g/mol. The molecule has 3 heteroatoms. The first-order valence-corrected chi connectivity index (χ1v) is 7.35. The van der Waals surface area contributed by atoms with Gasteiger partial charge in [-0.05, 0) is 12.0 Å². The third-order valence-electron chi connectivity index (χ3n) is 4.02. The Morgan fingerprint density at radius 1 is 0.952 bits per heavy atom. The van der Waals surface area contributed by atoms with E-state index in [-0.39, 0.29) is 0 Å². The van der Waals surface area contributed by atoms with Crippen LogP contribution < -0.4 is 5.32 Å². The van der Waals surface area contributed by atoms with E-state index in [1.807, 2.05) is 6.07 Å². The molecule has 1 N–H and O–H groups in total. The first-order chi connectivity index (χ1) is 10.4. The van der Waals surface area contributed by atoms with Crippen molar-refractivity contribution in [2.75, 3.05) is 11.9 Å². The molecule has 0 spiro atoms. The van der Waals surface area contributed by atoms with Crippen LogP contribution in [0.25, 0.3) is 11.3 Å². The number of rotatable bonds is 2. The van der Waals surface area contributed by atoms with Crippen molar-refractivity contribution in [3.05, 3.63) is 72.4 Å². The molecule has 0 radical (unpaired) electrons. The van der Waals surface area contributed by atoms with E-state index in [1.54, 1.807) is 0 Å². The zero-order chi connectivity index (χ0) is 14.1. The molecule has 1 unspecified atom stereocenters. The molecule has 0 saturated heterocycles. The predicted molar refractivity (Wildman–Crippen MR) is 85.4 cm³/mol. The minimum absolute atomic E-state index is 0.368. The lowest BCUT2D eigenvalue weighted by atomic mass is 10.0. The minimum Gasteiger partial charge on any atom is -0.356 e. The van der Waals surface area contributed by atoms with Crippen molar-refractivity contribution in [1.82, 2.24) is 9.55 Å². The monoisotopic (exact) mass is 275 g/mol. The standard InChI is InChI=1S/C18H17N3/c1-3-7-14(8-4-1)16-13-21-17(11-12-19-18(21)20-16)15-9-5-2-6-10-15/h1-10,13,17H,11-12H2,(H,19,20). The Hall–Kier alpha value is -2.55. The first kappa shape index (κ1) is 12.2. The van der Waals surface area contributed by atoms with Crippen LogP contribution >= 0.6 is 0 Å². The van der Waals surface area contributed by atoms with Gasteiger partial charge >= 0.3 is 0 Å². The second kappa shape index (κ2) is 5.09. The van der Waals surface area contributed by atoms with Gasteiger partial charge in [0.05, 0.1) is 11.7 Å². The second-order valence-corrected chi connectivity index (χ2v) is 5.36. The van der Waals surface area contributed by atoms with E-state index < -0.39 is 0 Å². The van der Waals surface area contributed by atoms with Crippen molar-refractivity contribution in [2.24, 2.45) is 0 Å². The number of benzene rings is 2. The maximum Gasteiger partial charge on any atom is 0.203 e. The molecule has 4 rings (SSSR count). The number of hydrogen-bond donors (Lipinski definition) is 1. The summed E-state index contributed by atoms with van der Waals surface area (Å²) < 4.78 is 2.27. The largest absolute Gasteiger partial charge is 0.356 e. The minimum atomic E-state index is 0.368. The van der Waals surface area contributed by atoms with Gasteiger partial charge in [-0.3, -0.25) is 0 Å². The fraction of sp³-hybridized carbons (Fsp3) is 0.167. The highest BCUT2D eigenvalue weighted by Crippen LogP contribution is 2.32. The Morgan fingerprint density at radius 2 is 1.67 bits per heavy atom. The van der Waals surface area contributed by atoms with E-state index in [2.05, 4.69) is 70.7 Å². The van der Waals surface area contributed by atoms with Gasteiger partial charge in [0.15, 0.2) is 0 Å². The number of imidazole rings is 1. The summed E-state index contributed by atoms with van der Waals surface area (Å²) in [5, 5.41) is 3.40. The normalized spacial score (nSPS) is 17.0. The zero-order valence-electron chi connectivity index (χ0n) is 11.7. The highest BCUT2D eigenvalue weighted by Gasteiger charge is 2.22. The van der Waals surface area contributed by atoms with Crippen molar-refractivity contribution in [3.8, 4) is 11.3 Å². The molecule has 2 heterocycles. The number of fused-ring (bicyclic) bond motifs is 1. The van der Waals surface area contributed by atoms with Crippen molar-refractivity contribution < 1.29 is 0 Å². The van der Waals surface area contributed by atoms with Crippen molar-refractivity contribution in [3.63, 3.8) is 0 Å². The van der Waals surface area contributed by atoms with Crippen molar-refractivity contribution in [2.45, 2.75) is 12.5 Å². The lowest BCUT2D eigenvalue weighted by molar-refractivity contribution is 0.530. The average molecular weight is 275 g/mol. The van der Waals surface area contributed by atoms with Gasteiger partial charge in [0.1, 0.15) is 0 Å². The zero-order valence-corrected chi connectivity index (χ0v) is 11.7. The summed E-state index contributed by atoms with van der Waals surface area (Å²) in [4.78, 5) is 4.75. The lowest BCUT2D eigenvalue weighted by Crippen LogP contribution is -2.23. The van der Waals surface area contributed by atoms with Gasteiger partial charge in [-0.2, -0.15) is 0 Å².